The van der Waals surface area contributed by atoms with Gasteiger partial charge in [0, 0.05) is 20.2 Å². The number of carboxylic acids is 2. The normalized spacial score (nSPS) is 9.43. The number of hydrogen-bond acceptors (Lipinski definition) is 5. The van der Waals surface area contributed by atoms with Crippen LogP contribution in [-0.4, -0.2) is 55.6 Å². The van der Waals surface area contributed by atoms with Crippen LogP contribution in [0.25, 0.3) is 0 Å². The Morgan fingerprint density at radius 1 is 1.14 bits per heavy atom. The molecule has 0 spiro atoms. The number of carboxylic acid groups (broad SMARTS) is 2. The molecule has 7 heteroatoms. The number of benzene rings is 1. The summed E-state index contributed by atoms with van der Waals surface area (Å²) in [5, 5.41) is 18.0. The summed E-state index contributed by atoms with van der Waals surface area (Å²) in [6.07, 6.45) is 0. The van der Waals surface area contributed by atoms with Gasteiger partial charge in [-0.1, -0.05) is 12.1 Å². The summed E-state index contributed by atoms with van der Waals surface area (Å²) in [6, 6.07) is 8.07. The van der Waals surface area contributed by atoms with Gasteiger partial charge in [-0.05, 0) is 24.6 Å². The minimum atomic E-state index is -1.82. The SMILES string of the molecule is COCCNCCOc1cccc(C)c1.O=C(O)C(=O)O. The molecule has 0 aromatic heterocycles. The number of nitrogens with one attached hydrogen (secondary N) is 1. The van der Waals surface area contributed by atoms with Crippen LogP contribution < -0.4 is 10.1 Å². The second-order valence-electron chi connectivity index (χ2n) is 4.02. The summed E-state index contributed by atoms with van der Waals surface area (Å²) in [5.41, 5.74) is 1.22. The summed E-state index contributed by atoms with van der Waals surface area (Å²) in [6.45, 7) is 5.20. The van der Waals surface area contributed by atoms with Crippen molar-refractivity contribution in [2.45, 2.75) is 6.92 Å². The number of hydrogen-bond donors (Lipinski definition) is 3. The standard InChI is InChI=1S/C12H19NO2.C2H2O4/c1-11-4-3-5-12(10-11)15-9-7-13-6-8-14-2;3-1(4)2(5)6/h3-5,10,13H,6-9H2,1-2H3;(H,3,4)(H,5,6). The van der Waals surface area contributed by atoms with Gasteiger partial charge in [0.25, 0.3) is 0 Å². The highest BCUT2D eigenvalue weighted by Crippen LogP contribution is 2.11. The van der Waals surface area contributed by atoms with E-state index in [2.05, 4.69) is 18.3 Å². The van der Waals surface area contributed by atoms with Crippen LogP contribution in [-0.2, 0) is 14.3 Å². The molecule has 0 bridgehead atoms. The number of rotatable bonds is 7. The van der Waals surface area contributed by atoms with Crippen LogP contribution in [0.4, 0.5) is 0 Å². The van der Waals surface area contributed by atoms with Gasteiger partial charge in [-0.3, -0.25) is 0 Å². The van der Waals surface area contributed by atoms with E-state index >= 15 is 0 Å². The van der Waals surface area contributed by atoms with Crippen LogP contribution >= 0.6 is 0 Å². The fourth-order valence-corrected chi connectivity index (χ4v) is 1.25. The van der Waals surface area contributed by atoms with Crippen molar-refractivity contribution in [3.63, 3.8) is 0 Å². The largest absolute Gasteiger partial charge is 0.492 e. The molecule has 0 aliphatic rings. The number of ether oxygens (including phenoxy) is 2. The highest BCUT2D eigenvalue weighted by atomic mass is 16.5. The van der Waals surface area contributed by atoms with Crippen LogP contribution in [0.2, 0.25) is 0 Å². The molecular weight excluding hydrogens is 278 g/mol. The highest BCUT2D eigenvalue weighted by Gasteiger charge is 2.04. The van der Waals surface area contributed by atoms with Gasteiger partial charge in [0.2, 0.25) is 0 Å². The van der Waals surface area contributed by atoms with Gasteiger partial charge in [0.15, 0.2) is 0 Å². The molecule has 0 amide bonds. The second kappa shape index (κ2) is 11.7. The fourth-order valence-electron chi connectivity index (χ4n) is 1.25. The maximum atomic E-state index is 9.10. The summed E-state index contributed by atoms with van der Waals surface area (Å²) in [5.74, 6) is -2.71. The Hall–Kier alpha value is -2.12. The van der Waals surface area contributed by atoms with E-state index in [1.165, 1.54) is 5.56 Å². The monoisotopic (exact) mass is 299 g/mol. The molecule has 0 aliphatic carbocycles. The minimum absolute atomic E-state index is 0.688. The van der Waals surface area contributed by atoms with Crippen LogP contribution in [0, 0.1) is 6.92 Å². The molecule has 0 saturated carbocycles. The first-order chi connectivity index (χ1) is 9.97. The van der Waals surface area contributed by atoms with E-state index in [0.29, 0.717) is 6.61 Å². The first kappa shape index (κ1) is 18.9. The van der Waals surface area contributed by atoms with Crippen LogP contribution in [0.1, 0.15) is 5.56 Å². The van der Waals surface area contributed by atoms with Crippen LogP contribution in [0.3, 0.4) is 0 Å². The molecule has 3 N–H and O–H groups in total. The van der Waals surface area contributed by atoms with E-state index in [-0.39, 0.29) is 0 Å². The molecule has 1 aromatic rings. The fraction of sp³-hybridized carbons (Fsp3) is 0.429. The molecule has 0 unspecified atom stereocenters. The highest BCUT2D eigenvalue weighted by molar-refractivity contribution is 6.27. The smallest absolute Gasteiger partial charge is 0.414 e. The van der Waals surface area contributed by atoms with Gasteiger partial charge in [0.1, 0.15) is 12.4 Å². The number of aliphatic carboxylic acids is 2. The predicted molar refractivity (Wildman–Crippen MR) is 76.7 cm³/mol. The molecule has 1 rings (SSSR count). The topological polar surface area (TPSA) is 105 Å². The minimum Gasteiger partial charge on any atom is -0.492 e. The van der Waals surface area contributed by atoms with Gasteiger partial charge in [-0.2, -0.15) is 0 Å². The van der Waals surface area contributed by atoms with Gasteiger partial charge < -0.3 is 25.0 Å². The van der Waals surface area contributed by atoms with Crippen molar-refractivity contribution in [2.24, 2.45) is 0 Å². The van der Waals surface area contributed by atoms with Crippen molar-refractivity contribution < 1.29 is 29.3 Å². The summed E-state index contributed by atoms with van der Waals surface area (Å²) in [4.78, 5) is 18.2. The molecule has 0 radical (unpaired) electrons. The summed E-state index contributed by atoms with van der Waals surface area (Å²) < 4.78 is 10.5. The lowest BCUT2D eigenvalue weighted by molar-refractivity contribution is -0.159. The first-order valence-corrected chi connectivity index (χ1v) is 6.32. The van der Waals surface area contributed by atoms with Crippen LogP contribution in [0.5, 0.6) is 5.75 Å². The van der Waals surface area contributed by atoms with Crippen molar-refractivity contribution in [3.05, 3.63) is 29.8 Å². The molecular formula is C14H21NO6. The summed E-state index contributed by atoms with van der Waals surface area (Å²) >= 11 is 0. The second-order valence-corrected chi connectivity index (χ2v) is 4.02. The van der Waals surface area contributed by atoms with E-state index in [1.807, 2.05) is 18.2 Å². The molecule has 118 valence electrons. The molecule has 0 heterocycles. The maximum absolute atomic E-state index is 9.10. The molecule has 21 heavy (non-hydrogen) atoms. The van der Waals surface area contributed by atoms with Crippen molar-refractivity contribution in [1.29, 1.82) is 0 Å². The number of methoxy groups -OCH3 is 1. The Labute approximate surface area is 123 Å². The number of aryl methyl sites for hydroxylation is 1. The molecule has 0 fully saturated rings. The Balaban J connectivity index is 0.000000567. The summed E-state index contributed by atoms with van der Waals surface area (Å²) in [7, 11) is 1.70. The van der Waals surface area contributed by atoms with Crippen molar-refractivity contribution in [1.82, 2.24) is 5.32 Å². The lowest BCUT2D eigenvalue weighted by Crippen LogP contribution is -2.24. The van der Waals surface area contributed by atoms with Gasteiger partial charge in [-0.25, -0.2) is 9.59 Å². The van der Waals surface area contributed by atoms with Crippen LogP contribution in [0.15, 0.2) is 24.3 Å². The molecule has 0 aliphatic heterocycles. The molecule has 1 aromatic carbocycles. The average molecular weight is 299 g/mol. The van der Waals surface area contributed by atoms with Gasteiger partial charge in [-0.15, -0.1) is 0 Å². The van der Waals surface area contributed by atoms with Crippen molar-refractivity contribution in [2.75, 3.05) is 33.4 Å². The van der Waals surface area contributed by atoms with E-state index in [4.69, 9.17) is 29.3 Å². The van der Waals surface area contributed by atoms with E-state index in [9.17, 15) is 0 Å². The Morgan fingerprint density at radius 3 is 2.29 bits per heavy atom. The third-order valence-electron chi connectivity index (χ3n) is 2.20. The zero-order valence-electron chi connectivity index (χ0n) is 12.2. The van der Waals surface area contributed by atoms with Gasteiger partial charge >= 0.3 is 11.9 Å². The predicted octanol–water partition coefficient (Wildman–Crippen LogP) is 0.765. The lowest BCUT2D eigenvalue weighted by Gasteiger charge is -2.07. The molecule has 7 nitrogen and oxygen atoms in total. The van der Waals surface area contributed by atoms with E-state index in [1.54, 1.807) is 7.11 Å². The Bertz CT molecular complexity index is 423. The Kier molecular flexibility index (Phi) is 10.5. The zero-order chi connectivity index (χ0) is 16.1. The third-order valence-corrected chi connectivity index (χ3v) is 2.20. The Morgan fingerprint density at radius 2 is 1.76 bits per heavy atom. The zero-order valence-corrected chi connectivity index (χ0v) is 12.2. The molecule has 0 atom stereocenters. The number of carbonyl (C=O) groups is 2. The van der Waals surface area contributed by atoms with Gasteiger partial charge in [0.05, 0.1) is 6.61 Å². The van der Waals surface area contributed by atoms with Crippen molar-refractivity contribution in [3.8, 4) is 5.75 Å². The average Bonchev–Trinajstić information content (AvgIpc) is 2.43. The van der Waals surface area contributed by atoms with E-state index < -0.39 is 11.9 Å². The third kappa shape index (κ3) is 11.4. The van der Waals surface area contributed by atoms with E-state index in [0.717, 1.165) is 25.4 Å². The van der Waals surface area contributed by atoms with Crippen molar-refractivity contribution >= 4 is 11.9 Å². The quantitative estimate of drug-likeness (QED) is 0.504. The molecule has 0 saturated heterocycles. The lowest BCUT2D eigenvalue weighted by atomic mass is 10.2. The maximum Gasteiger partial charge on any atom is 0.414 e. The first-order valence-electron chi connectivity index (χ1n) is 6.32.